The molecule has 0 unspecified atom stereocenters. The molecule has 18 heavy (non-hydrogen) atoms. The predicted octanol–water partition coefficient (Wildman–Crippen LogP) is 2.66. The molecule has 0 atom stereocenters. The molecule has 0 aliphatic carbocycles. The topological polar surface area (TPSA) is 67.2 Å². The number of nitro benzene ring substituents is 1. The Balaban J connectivity index is 1.93. The van der Waals surface area contributed by atoms with Gasteiger partial charge in [-0.3, -0.25) is 10.1 Å². The van der Waals surface area contributed by atoms with Gasteiger partial charge in [0.25, 0.3) is 5.69 Å². The van der Waals surface area contributed by atoms with Crippen molar-refractivity contribution in [1.82, 2.24) is 5.32 Å². The van der Waals surface area contributed by atoms with E-state index < -0.39 is 4.92 Å². The molecule has 98 valence electrons. The number of nitrogens with one attached hydrogen (secondary N) is 2. The Morgan fingerprint density at radius 2 is 2.17 bits per heavy atom. The van der Waals surface area contributed by atoms with Crippen LogP contribution in [0.2, 0.25) is 5.02 Å². The molecule has 1 heterocycles. The molecule has 1 aliphatic rings. The molecule has 1 aliphatic heterocycles. The molecule has 1 aromatic rings. The molecule has 0 radical (unpaired) electrons. The van der Waals surface area contributed by atoms with Gasteiger partial charge in [-0.25, -0.2) is 0 Å². The van der Waals surface area contributed by atoms with E-state index in [1.807, 2.05) is 0 Å². The van der Waals surface area contributed by atoms with Crippen molar-refractivity contribution in [2.75, 3.05) is 25.0 Å². The van der Waals surface area contributed by atoms with Gasteiger partial charge in [0.05, 0.1) is 4.92 Å². The van der Waals surface area contributed by atoms with Crippen molar-refractivity contribution in [3.05, 3.63) is 33.3 Å². The highest BCUT2D eigenvalue weighted by molar-refractivity contribution is 6.32. The van der Waals surface area contributed by atoms with Crippen LogP contribution in [0.5, 0.6) is 0 Å². The van der Waals surface area contributed by atoms with E-state index in [1.54, 1.807) is 12.1 Å². The average Bonchev–Trinajstić information content (AvgIpc) is 2.37. The summed E-state index contributed by atoms with van der Waals surface area (Å²) < 4.78 is 0. The average molecular weight is 270 g/mol. The number of rotatable bonds is 4. The van der Waals surface area contributed by atoms with Crippen LogP contribution in [0.15, 0.2) is 18.2 Å². The smallest absolute Gasteiger partial charge is 0.288 e. The van der Waals surface area contributed by atoms with Crippen molar-refractivity contribution < 1.29 is 4.92 Å². The lowest BCUT2D eigenvalue weighted by atomic mass is 9.98. The van der Waals surface area contributed by atoms with Crippen LogP contribution in [0, 0.1) is 16.0 Å². The van der Waals surface area contributed by atoms with E-state index in [0.29, 0.717) is 5.92 Å². The lowest BCUT2D eigenvalue weighted by molar-refractivity contribution is -0.384. The Hall–Kier alpha value is -1.33. The van der Waals surface area contributed by atoms with E-state index in [9.17, 15) is 10.1 Å². The first kappa shape index (κ1) is 13.1. The molecule has 0 aromatic heterocycles. The molecule has 0 spiro atoms. The van der Waals surface area contributed by atoms with E-state index in [0.717, 1.165) is 38.2 Å². The summed E-state index contributed by atoms with van der Waals surface area (Å²) in [6, 6.07) is 4.75. The van der Waals surface area contributed by atoms with Crippen LogP contribution < -0.4 is 10.6 Å². The molecule has 1 fully saturated rings. The minimum atomic E-state index is -0.473. The summed E-state index contributed by atoms with van der Waals surface area (Å²) in [5, 5.41) is 17.4. The lowest BCUT2D eigenvalue weighted by Gasteiger charge is -2.23. The standard InChI is InChI=1S/C12H16ClN3O2/c13-11-7-10(1-2-12(11)16(17)18)15-8-9-3-5-14-6-4-9/h1-2,7,9,14-15H,3-6,8H2. The number of hydrogen-bond donors (Lipinski definition) is 2. The molecule has 1 saturated heterocycles. The fourth-order valence-electron chi connectivity index (χ4n) is 2.11. The van der Waals surface area contributed by atoms with Gasteiger partial charge in [0.2, 0.25) is 0 Å². The van der Waals surface area contributed by atoms with Crippen molar-refractivity contribution in [3.8, 4) is 0 Å². The van der Waals surface area contributed by atoms with Crippen molar-refractivity contribution in [2.45, 2.75) is 12.8 Å². The molecule has 2 N–H and O–H groups in total. The maximum Gasteiger partial charge on any atom is 0.288 e. The molecule has 5 nitrogen and oxygen atoms in total. The number of anilines is 1. The zero-order chi connectivity index (χ0) is 13.0. The highest BCUT2D eigenvalue weighted by Gasteiger charge is 2.14. The second-order valence-corrected chi connectivity index (χ2v) is 4.90. The fourth-order valence-corrected chi connectivity index (χ4v) is 2.36. The second-order valence-electron chi connectivity index (χ2n) is 4.50. The Morgan fingerprint density at radius 1 is 1.44 bits per heavy atom. The first-order chi connectivity index (χ1) is 8.66. The van der Waals surface area contributed by atoms with Crippen molar-refractivity contribution in [3.63, 3.8) is 0 Å². The van der Waals surface area contributed by atoms with E-state index in [1.165, 1.54) is 6.07 Å². The molecule has 2 rings (SSSR count). The summed E-state index contributed by atoms with van der Waals surface area (Å²) in [5.74, 6) is 0.653. The quantitative estimate of drug-likeness (QED) is 0.651. The van der Waals surface area contributed by atoms with Crippen LogP contribution in [-0.4, -0.2) is 24.6 Å². The number of hydrogen-bond acceptors (Lipinski definition) is 4. The fraction of sp³-hybridized carbons (Fsp3) is 0.500. The van der Waals surface area contributed by atoms with E-state index in [4.69, 9.17) is 11.6 Å². The Labute approximate surface area is 111 Å². The summed E-state index contributed by atoms with van der Waals surface area (Å²) >= 11 is 5.85. The number of nitro groups is 1. The van der Waals surface area contributed by atoms with Gasteiger partial charge in [-0.2, -0.15) is 0 Å². The van der Waals surface area contributed by atoms with Gasteiger partial charge in [0, 0.05) is 18.3 Å². The van der Waals surface area contributed by atoms with Gasteiger partial charge in [-0.1, -0.05) is 11.6 Å². The van der Waals surface area contributed by atoms with Gasteiger partial charge in [0.1, 0.15) is 5.02 Å². The number of benzene rings is 1. The Morgan fingerprint density at radius 3 is 2.78 bits per heavy atom. The van der Waals surface area contributed by atoms with Crippen LogP contribution in [0.25, 0.3) is 0 Å². The van der Waals surface area contributed by atoms with Gasteiger partial charge in [-0.05, 0) is 44.0 Å². The van der Waals surface area contributed by atoms with Gasteiger partial charge in [-0.15, -0.1) is 0 Å². The number of nitrogens with zero attached hydrogens (tertiary/aromatic N) is 1. The molecule has 1 aromatic carbocycles. The van der Waals surface area contributed by atoms with E-state index in [2.05, 4.69) is 10.6 Å². The summed E-state index contributed by atoms with van der Waals surface area (Å²) in [7, 11) is 0. The molecule has 0 saturated carbocycles. The summed E-state index contributed by atoms with van der Waals surface area (Å²) in [4.78, 5) is 10.2. The van der Waals surface area contributed by atoms with Crippen LogP contribution in [0.1, 0.15) is 12.8 Å². The largest absolute Gasteiger partial charge is 0.385 e. The van der Waals surface area contributed by atoms with E-state index >= 15 is 0 Å². The molecule has 0 bridgehead atoms. The maximum absolute atomic E-state index is 10.6. The zero-order valence-electron chi connectivity index (χ0n) is 9.99. The molecule has 6 heteroatoms. The minimum absolute atomic E-state index is 0.0518. The molecular formula is C12H16ClN3O2. The third-order valence-corrected chi connectivity index (χ3v) is 3.50. The molecular weight excluding hydrogens is 254 g/mol. The molecule has 0 amide bonds. The summed E-state index contributed by atoms with van der Waals surface area (Å²) in [6.45, 7) is 3.01. The van der Waals surface area contributed by atoms with Crippen molar-refractivity contribution >= 4 is 23.0 Å². The zero-order valence-corrected chi connectivity index (χ0v) is 10.7. The van der Waals surface area contributed by atoms with Crippen molar-refractivity contribution in [2.24, 2.45) is 5.92 Å². The summed E-state index contributed by atoms with van der Waals surface area (Å²) in [5.41, 5.74) is 0.785. The third kappa shape index (κ3) is 3.34. The van der Waals surface area contributed by atoms with Gasteiger partial charge >= 0.3 is 0 Å². The highest BCUT2D eigenvalue weighted by atomic mass is 35.5. The summed E-state index contributed by atoms with van der Waals surface area (Å²) in [6.07, 6.45) is 2.32. The van der Waals surface area contributed by atoms with Crippen LogP contribution in [-0.2, 0) is 0 Å². The monoisotopic (exact) mass is 269 g/mol. The first-order valence-electron chi connectivity index (χ1n) is 6.05. The Kier molecular flexibility index (Phi) is 4.38. The van der Waals surface area contributed by atoms with Gasteiger partial charge < -0.3 is 10.6 Å². The van der Waals surface area contributed by atoms with Crippen molar-refractivity contribution in [1.29, 1.82) is 0 Å². The number of halogens is 1. The van der Waals surface area contributed by atoms with Gasteiger partial charge in [0.15, 0.2) is 0 Å². The van der Waals surface area contributed by atoms with E-state index in [-0.39, 0.29) is 10.7 Å². The second kappa shape index (κ2) is 6.02. The normalized spacial score (nSPS) is 16.5. The minimum Gasteiger partial charge on any atom is -0.385 e. The number of piperidine rings is 1. The highest BCUT2D eigenvalue weighted by Crippen LogP contribution is 2.27. The third-order valence-electron chi connectivity index (χ3n) is 3.20. The first-order valence-corrected chi connectivity index (χ1v) is 6.43. The predicted molar refractivity (Wildman–Crippen MR) is 72.2 cm³/mol. The van der Waals surface area contributed by atoms with Crippen LogP contribution >= 0.6 is 11.6 Å². The maximum atomic E-state index is 10.6. The Bertz CT molecular complexity index is 433. The lowest BCUT2D eigenvalue weighted by Crippen LogP contribution is -2.31. The SMILES string of the molecule is O=[N+]([O-])c1ccc(NCC2CCNCC2)cc1Cl. The van der Waals surface area contributed by atoms with Crippen LogP contribution in [0.4, 0.5) is 11.4 Å². The van der Waals surface area contributed by atoms with Crippen LogP contribution in [0.3, 0.4) is 0 Å².